The Hall–Kier alpha value is -3.23. The van der Waals surface area contributed by atoms with Gasteiger partial charge in [0.1, 0.15) is 16.4 Å². The quantitative estimate of drug-likeness (QED) is 0.243. The van der Waals surface area contributed by atoms with Crippen molar-refractivity contribution in [1.29, 1.82) is 0 Å². The predicted octanol–water partition coefficient (Wildman–Crippen LogP) is 3.15. The number of nitrogens with zero attached hydrogens (tertiary/aromatic N) is 1. The van der Waals surface area contributed by atoms with Crippen molar-refractivity contribution in [3.8, 4) is 11.5 Å². The smallest absolute Gasteiger partial charge is 0.274 e. The molecule has 0 atom stereocenters. The maximum atomic E-state index is 14.4. The molecule has 4 rings (SSSR count). The van der Waals surface area contributed by atoms with E-state index in [4.69, 9.17) is 24.1 Å². The molecule has 1 heterocycles. The summed E-state index contributed by atoms with van der Waals surface area (Å²) in [6, 6.07) is 9.20. The van der Waals surface area contributed by atoms with E-state index in [0.29, 0.717) is 76.5 Å². The summed E-state index contributed by atoms with van der Waals surface area (Å²) in [5.74, 6) is -0.363. The van der Waals surface area contributed by atoms with Gasteiger partial charge in [0.15, 0.2) is 0 Å². The summed E-state index contributed by atoms with van der Waals surface area (Å²) in [6.07, 6.45) is 1.92. The number of sulfonamides is 1. The minimum Gasteiger partial charge on any atom is -0.495 e. The van der Waals surface area contributed by atoms with E-state index in [1.807, 2.05) is 27.7 Å². The Morgan fingerprint density at radius 3 is 2.43 bits per heavy atom. The second kappa shape index (κ2) is 15.1. The van der Waals surface area contributed by atoms with Crippen LogP contribution in [0.1, 0.15) is 69.3 Å². The van der Waals surface area contributed by atoms with Crippen molar-refractivity contribution < 1.29 is 42.1 Å². The first-order chi connectivity index (χ1) is 21.9. The van der Waals surface area contributed by atoms with Crippen LogP contribution in [0.15, 0.2) is 41.3 Å². The van der Waals surface area contributed by atoms with E-state index in [1.54, 1.807) is 18.2 Å². The number of nitrogens with one attached hydrogen (secondary N) is 2. The number of aliphatic hydroxyl groups excluding tert-OH is 1. The summed E-state index contributed by atoms with van der Waals surface area (Å²) in [6.45, 7) is 10.4. The van der Waals surface area contributed by atoms with Crippen LogP contribution in [0.2, 0.25) is 0 Å². The summed E-state index contributed by atoms with van der Waals surface area (Å²) in [7, 11) is -3.11. The molecule has 1 aliphatic heterocycles. The number of hydrogen-bond acceptors (Lipinski definition) is 10. The molecule has 2 aromatic rings. The van der Waals surface area contributed by atoms with Crippen LogP contribution in [-0.2, 0) is 29.7 Å². The molecule has 1 fully saturated rings. The zero-order chi connectivity index (χ0) is 33.5. The van der Waals surface area contributed by atoms with Crippen molar-refractivity contribution in [2.75, 3.05) is 57.5 Å². The van der Waals surface area contributed by atoms with E-state index in [-0.39, 0.29) is 40.5 Å². The number of ether oxygens (including phenoxy) is 4. The second-order valence-electron chi connectivity index (χ2n) is 12.5. The highest BCUT2D eigenvalue weighted by atomic mass is 32.2. The van der Waals surface area contributed by atoms with Gasteiger partial charge in [-0.3, -0.25) is 9.59 Å². The van der Waals surface area contributed by atoms with E-state index in [0.717, 1.165) is 4.31 Å². The molecule has 0 unspecified atom stereocenters. The zero-order valence-corrected chi connectivity index (χ0v) is 28.2. The summed E-state index contributed by atoms with van der Waals surface area (Å²) in [4.78, 5) is 27.0. The first-order valence-electron chi connectivity index (χ1n) is 15.8. The third-order valence-corrected chi connectivity index (χ3v) is 9.85. The van der Waals surface area contributed by atoms with Gasteiger partial charge in [0.25, 0.3) is 21.8 Å². The van der Waals surface area contributed by atoms with Crippen molar-refractivity contribution in [3.63, 3.8) is 0 Å². The normalized spacial score (nSPS) is 19.7. The number of methoxy groups -OCH3 is 1. The van der Waals surface area contributed by atoms with Crippen molar-refractivity contribution in [2.45, 2.75) is 75.3 Å². The van der Waals surface area contributed by atoms with Crippen LogP contribution in [0.5, 0.6) is 11.5 Å². The average molecular weight is 662 g/mol. The Balaban J connectivity index is 1.57. The van der Waals surface area contributed by atoms with Crippen LogP contribution in [0.3, 0.4) is 0 Å². The fourth-order valence-corrected chi connectivity index (χ4v) is 7.63. The molecule has 2 amide bonds. The average Bonchev–Trinajstić information content (AvgIpc) is 3.25. The number of amides is 2. The van der Waals surface area contributed by atoms with Crippen LogP contribution in [-0.4, -0.2) is 90.2 Å². The fraction of sp³-hybridized carbons (Fsp3) is 0.576. The molecular weight excluding hydrogens is 614 g/mol. The van der Waals surface area contributed by atoms with Crippen LogP contribution in [0, 0.1) is 0 Å². The summed E-state index contributed by atoms with van der Waals surface area (Å²) < 4.78 is 52.1. The highest BCUT2D eigenvalue weighted by Gasteiger charge is 2.56. The highest BCUT2D eigenvalue weighted by molar-refractivity contribution is 7.93. The number of carbonyl (C=O) groups excluding carboxylic acids is 2. The van der Waals surface area contributed by atoms with Gasteiger partial charge < -0.3 is 34.7 Å². The number of fused-ring (bicyclic) bond motifs is 2. The topological polar surface area (TPSA) is 153 Å². The van der Waals surface area contributed by atoms with Crippen molar-refractivity contribution in [2.24, 2.45) is 0 Å². The Bertz CT molecular complexity index is 1480. The fourth-order valence-electron chi connectivity index (χ4n) is 5.99. The monoisotopic (exact) mass is 661 g/mol. The van der Waals surface area contributed by atoms with Gasteiger partial charge in [-0.05, 0) is 95.3 Å². The molecular formula is C33H47N3O9S. The Labute approximate surface area is 271 Å². The molecule has 12 nitrogen and oxygen atoms in total. The number of carbonyl (C=O) groups is 2. The lowest BCUT2D eigenvalue weighted by molar-refractivity contribution is -0.124. The highest BCUT2D eigenvalue weighted by Crippen LogP contribution is 2.53. The van der Waals surface area contributed by atoms with E-state index in [9.17, 15) is 18.0 Å². The van der Waals surface area contributed by atoms with E-state index in [1.165, 1.54) is 25.3 Å². The van der Waals surface area contributed by atoms with Crippen LogP contribution >= 0.6 is 0 Å². The first-order valence-corrected chi connectivity index (χ1v) is 17.2. The summed E-state index contributed by atoms with van der Waals surface area (Å²) in [5, 5.41) is 14.9. The first kappa shape index (κ1) is 35.6. The van der Waals surface area contributed by atoms with Crippen LogP contribution in [0.25, 0.3) is 0 Å². The Morgan fingerprint density at radius 1 is 1.07 bits per heavy atom. The third-order valence-electron chi connectivity index (χ3n) is 8.12. The maximum absolute atomic E-state index is 14.4. The minimum atomic E-state index is -4.44. The van der Waals surface area contributed by atoms with Gasteiger partial charge in [0.05, 0.1) is 57.4 Å². The molecule has 13 heteroatoms. The SMILES string of the molecule is CCOc1ccc2c(c1)C1(CCC(OCCNCCOCCO)CC1)C(=O)N2S(=O)(=O)c1ccc(C(=O)NC(C)(C)C)cc1OC. The molecule has 2 aliphatic rings. The van der Waals surface area contributed by atoms with Crippen LogP contribution < -0.4 is 24.4 Å². The number of anilines is 1. The number of benzene rings is 2. The molecule has 2 aromatic carbocycles. The standard InChI is InChI=1S/C33H47N3O9S/c1-6-44-25-8-9-27-26(22-25)33(13-11-24(12-14-33)45-19-16-34-15-18-43-20-17-37)31(39)36(27)46(40,41)29-10-7-23(21-28(29)42-5)30(38)35-32(2,3)4/h7-10,21-22,24,34,37H,6,11-20H2,1-5H3,(H,35,38). The predicted molar refractivity (Wildman–Crippen MR) is 173 cm³/mol. The van der Waals surface area contributed by atoms with Crippen molar-refractivity contribution in [1.82, 2.24) is 10.6 Å². The van der Waals surface area contributed by atoms with Gasteiger partial charge in [0.2, 0.25) is 0 Å². The second-order valence-corrected chi connectivity index (χ2v) is 14.2. The molecule has 0 bridgehead atoms. The summed E-state index contributed by atoms with van der Waals surface area (Å²) >= 11 is 0. The van der Waals surface area contributed by atoms with Gasteiger partial charge >= 0.3 is 0 Å². The minimum absolute atomic E-state index is 0.00485. The molecule has 1 saturated carbocycles. The number of hydrogen-bond donors (Lipinski definition) is 3. The largest absolute Gasteiger partial charge is 0.495 e. The van der Waals surface area contributed by atoms with Crippen molar-refractivity contribution in [3.05, 3.63) is 47.5 Å². The van der Waals surface area contributed by atoms with Gasteiger partial charge in [-0.15, -0.1) is 0 Å². The molecule has 3 N–H and O–H groups in total. The van der Waals surface area contributed by atoms with Gasteiger partial charge in [-0.2, -0.15) is 0 Å². The lowest BCUT2D eigenvalue weighted by Gasteiger charge is -2.36. The molecule has 1 aliphatic carbocycles. The lowest BCUT2D eigenvalue weighted by Crippen LogP contribution is -2.46. The molecule has 254 valence electrons. The van der Waals surface area contributed by atoms with Gasteiger partial charge in [-0.25, -0.2) is 12.7 Å². The third kappa shape index (κ3) is 7.83. The number of rotatable bonds is 15. The Morgan fingerprint density at radius 2 is 1.78 bits per heavy atom. The van der Waals surface area contributed by atoms with Gasteiger partial charge in [0, 0.05) is 24.2 Å². The zero-order valence-electron chi connectivity index (χ0n) is 27.4. The molecule has 0 aromatic heterocycles. The molecule has 0 saturated heterocycles. The molecule has 46 heavy (non-hydrogen) atoms. The van der Waals surface area contributed by atoms with Crippen LogP contribution in [0.4, 0.5) is 5.69 Å². The lowest BCUT2D eigenvalue weighted by atomic mass is 9.69. The molecule has 0 radical (unpaired) electrons. The summed E-state index contributed by atoms with van der Waals surface area (Å²) in [5.41, 5.74) is -0.406. The Kier molecular flexibility index (Phi) is 11.7. The van der Waals surface area contributed by atoms with Gasteiger partial charge in [-0.1, -0.05) is 0 Å². The van der Waals surface area contributed by atoms with E-state index < -0.39 is 26.9 Å². The molecule has 1 spiro atoms. The number of aliphatic hydroxyl groups is 1. The van der Waals surface area contributed by atoms with Crippen molar-refractivity contribution >= 4 is 27.5 Å². The maximum Gasteiger partial charge on any atom is 0.274 e. The van der Waals surface area contributed by atoms with E-state index in [2.05, 4.69) is 10.6 Å². The van der Waals surface area contributed by atoms with E-state index >= 15 is 0 Å².